The summed E-state index contributed by atoms with van der Waals surface area (Å²) in [6, 6.07) is 0.533. The Morgan fingerprint density at radius 1 is 1.57 bits per heavy atom. The summed E-state index contributed by atoms with van der Waals surface area (Å²) in [6.45, 7) is 4.19. The zero-order valence-corrected chi connectivity index (χ0v) is 6.53. The van der Waals surface area contributed by atoms with E-state index in [1.54, 1.807) is 0 Å². The van der Waals surface area contributed by atoms with Gasteiger partial charge in [-0.25, -0.2) is 0 Å². The molecule has 1 atom stereocenters. The van der Waals surface area contributed by atoms with Crippen LogP contribution in [-0.2, 0) is 20.8 Å². The van der Waals surface area contributed by atoms with Crippen LogP contribution in [0, 0.1) is 0 Å². The van der Waals surface area contributed by atoms with Crippen LogP contribution in [0.15, 0.2) is 0 Å². The highest BCUT2D eigenvalue weighted by molar-refractivity contribution is 8.27. The summed E-state index contributed by atoms with van der Waals surface area (Å²) in [5, 5.41) is 0. The van der Waals surface area contributed by atoms with Crippen LogP contribution in [0.2, 0.25) is 0 Å². The molecule has 7 heavy (non-hydrogen) atoms. The normalized spacial score (nSPS) is 14.9. The minimum atomic E-state index is -0.0123. The lowest BCUT2D eigenvalue weighted by Gasteiger charge is -2.03. The molecular formula is C4H11NS2. The van der Waals surface area contributed by atoms with Crippen LogP contribution >= 0.6 is 0 Å². The monoisotopic (exact) mass is 137 g/mol. The summed E-state index contributed by atoms with van der Waals surface area (Å²) in [4.78, 5) is 0. The van der Waals surface area contributed by atoms with Gasteiger partial charge in [0.25, 0.3) is 0 Å². The molecule has 0 saturated heterocycles. The molecule has 0 aromatic carbocycles. The quantitative estimate of drug-likeness (QED) is 0.598. The van der Waals surface area contributed by atoms with Gasteiger partial charge in [0.2, 0.25) is 0 Å². The van der Waals surface area contributed by atoms with Gasteiger partial charge < -0.3 is 0 Å². The fourth-order valence-corrected chi connectivity index (χ4v) is 1.57. The molecule has 3 heteroatoms. The average Bonchev–Trinajstić information content (AvgIpc) is 1.27. The lowest BCUT2D eigenvalue weighted by Crippen LogP contribution is -2.22. The number of hydrogen-bond donors (Lipinski definition) is 1. The van der Waals surface area contributed by atoms with Crippen LogP contribution in [0.4, 0.5) is 0 Å². The van der Waals surface area contributed by atoms with Crippen molar-refractivity contribution in [2.24, 2.45) is 0 Å². The van der Waals surface area contributed by atoms with E-state index in [9.17, 15) is 0 Å². The molecule has 0 aliphatic rings. The van der Waals surface area contributed by atoms with E-state index in [-0.39, 0.29) is 9.64 Å². The van der Waals surface area contributed by atoms with Gasteiger partial charge in [0, 0.05) is 6.04 Å². The summed E-state index contributed by atoms with van der Waals surface area (Å²) in [5.74, 6) is 0. The van der Waals surface area contributed by atoms with Gasteiger partial charge in [-0.1, -0.05) is 9.64 Å². The van der Waals surface area contributed by atoms with Crippen LogP contribution in [0.5, 0.6) is 0 Å². The third kappa shape index (κ3) is 6.53. The van der Waals surface area contributed by atoms with Crippen LogP contribution < -0.4 is 4.72 Å². The Morgan fingerprint density at radius 3 is 2.00 bits per heavy atom. The molecule has 0 amide bonds. The Labute approximate surface area is 52.2 Å². The molecule has 44 valence electrons. The van der Waals surface area contributed by atoms with E-state index >= 15 is 0 Å². The molecule has 0 heterocycles. The maximum atomic E-state index is 4.87. The van der Waals surface area contributed by atoms with Gasteiger partial charge in [-0.05, 0) is 31.3 Å². The highest BCUT2D eigenvalue weighted by Crippen LogP contribution is 1.75. The van der Waals surface area contributed by atoms with Crippen LogP contribution in [0.3, 0.4) is 0 Å². The summed E-state index contributed by atoms with van der Waals surface area (Å²) in [7, 11) is -0.0123. The second-order valence-electron chi connectivity index (χ2n) is 1.73. The molecule has 0 fully saturated rings. The topological polar surface area (TPSA) is 12.0 Å². The first-order valence-electron chi connectivity index (χ1n) is 2.22. The highest BCUT2D eigenvalue weighted by Gasteiger charge is 1.87. The van der Waals surface area contributed by atoms with E-state index in [0.717, 1.165) is 0 Å². The van der Waals surface area contributed by atoms with Crippen molar-refractivity contribution >= 4 is 20.8 Å². The Balaban J connectivity index is 3.13. The zero-order chi connectivity index (χ0) is 5.86. The SMILES string of the molecule is CC(C)NS(C)=S. The molecule has 1 N–H and O–H groups in total. The predicted octanol–water partition coefficient (Wildman–Crippen LogP) is 0.609. The molecule has 1 unspecified atom stereocenters. The Kier molecular flexibility index (Phi) is 3.79. The second-order valence-corrected chi connectivity index (χ2v) is 4.37. The number of hydrogen-bond acceptors (Lipinski definition) is 1. The van der Waals surface area contributed by atoms with Gasteiger partial charge in [-0.15, -0.1) is 0 Å². The predicted molar refractivity (Wildman–Crippen MR) is 38.9 cm³/mol. The van der Waals surface area contributed by atoms with Crippen molar-refractivity contribution in [3.63, 3.8) is 0 Å². The summed E-state index contributed by atoms with van der Waals surface area (Å²) < 4.78 is 3.15. The lowest BCUT2D eigenvalue weighted by atomic mass is 10.4. The Bertz CT molecular complexity index is 70.1. The molecule has 0 aromatic heterocycles. The van der Waals surface area contributed by atoms with Crippen LogP contribution in [-0.4, -0.2) is 12.3 Å². The summed E-state index contributed by atoms with van der Waals surface area (Å²) >= 11 is 4.87. The van der Waals surface area contributed by atoms with E-state index in [1.807, 2.05) is 6.26 Å². The minimum absolute atomic E-state index is 0.0123. The lowest BCUT2D eigenvalue weighted by molar-refractivity contribution is 0.770. The molecule has 0 saturated carbocycles. The molecule has 0 rings (SSSR count). The summed E-state index contributed by atoms with van der Waals surface area (Å²) in [5.41, 5.74) is 0. The molecule has 0 aliphatic carbocycles. The first kappa shape index (κ1) is 7.53. The van der Waals surface area contributed by atoms with Crippen molar-refractivity contribution in [2.45, 2.75) is 19.9 Å². The fraction of sp³-hybridized carbons (Fsp3) is 1.00. The maximum absolute atomic E-state index is 4.87. The zero-order valence-electron chi connectivity index (χ0n) is 4.89. The van der Waals surface area contributed by atoms with Crippen molar-refractivity contribution in [2.75, 3.05) is 6.26 Å². The van der Waals surface area contributed by atoms with Gasteiger partial charge in [0.1, 0.15) is 0 Å². The number of nitrogens with one attached hydrogen (secondary N) is 1. The molecule has 0 bridgehead atoms. The van der Waals surface area contributed by atoms with Crippen molar-refractivity contribution < 1.29 is 0 Å². The number of rotatable bonds is 2. The third-order valence-electron chi connectivity index (χ3n) is 0.402. The van der Waals surface area contributed by atoms with E-state index in [0.29, 0.717) is 6.04 Å². The fourth-order valence-electron chi connectivity index (χ4n) is 0.332. The molecule has 0 aromatic rings. The first-order valence-corrected chi connectivity index (χ1v) is 4.78. The highest BCUT2D eigenvalue weighted by atomic mass is 32.8. The van der Waals surface area contributed by atoms with Crippen LogP contribution in [0.1, 0.15) is 13.8 Å². The van der Waals surface area contributed by atoms with Crippen molar-refractivity contribution in [3.8, 4) is 0 Å². The van der Waals surface area contributed by atoms with Gasteiger partial charge in [0.05, 0.1) is 0 Å². The maximum Gasteiger partial charge on any atom is 0.0117 e. The van der Waals surface area contributed by atoms with Gasteiger partial charge >= 0.3 is 0 Å². The third-order valence-corrected chi connectivity index (χ3v) is 1.49. The summed E-state index contributed by atoms with van der Waals surface area (Å²) in [6.07, 6.45) is 2.00. The molecule has 1 nitrogen and oxygen atoms in total. The van der Waals surface area contributed by atoms with Crippen molar-refractivity contribution in [3.05, 3.63) is 0 Å². The van der Waals surface area contributed by atoms with Crippen molar-refractivity contribution in [1.82, 2.24) is 4.72 Å². The molecule has 0 radical (unpaired) electrons. The first-order chi connectivity index (χ1) is 3.13. The average molecular weight is 137 g/mol. The standard InChI is InChI=1S/C4H11NS2/c1-4(2)5-7(3)6/h4-5H,1-3H3. The van der Waals surface area contributed by atoms with E-state index in [4.69, 9.17) is 11.2 Å². The largest absolute Gasteiger partial charge is 0.259 e. The second kappa shape index (κ2) is 3.52. The van der Waals surface area contributed by atoms with Gasteiger partial charge in [-0.2, -0.15) is 0 Å². The van der Waals surface area contributed by atoms with Gasteiger partial charge in [0.15, 0.2) is 0 Å². The Hall–Kier alpha value is 0.530. The van der Waals surface area contributed by atoms with Crippen LogP contribution in [0.25, 0.3) is 0 Å². The van der Waals surface area contributed by atoms with Gasteiger partial charge in [-0.3, -0.25) is 4.72 Å². The minimum Gasteiger partial charge on any atom is -0.259 e. The molecular weight excluding hydrogens is 126 g/mol. The Morgan fingerprint density at radius 2 is 2.00 bits per heavy atom. The molecule has 0 spiro atoms. The smallest absolute Gasteiger partial charge is 0.0117 e. The molecule has 0 aliphatic heterocycles. The van der Waals surface area contributed by atoms with E-state index < -0.39 is 0 Å². The van der Waals surface area contributed by atoms with E-state index in [2.05, 4.69) is 18.6 Å². The van der Waals surface area contributed by atoms with Crippen molar-refractivity contribution in [1.29, 1.82) is 0 Å². The van der Waals surface area contributed by atoms with E-state index in [1.165, 1.54) is 0 Å².